The summed E-state index contributed by atoms with van der Waals surface area (Å²) in [5.41, 5.74) is 9.75. The number of hydrogen-bond donors (Lipinski definition) is 0. The minimum Gasteiger partial charge on any atom is -0.468 e. The summed E-state index contributed by atoms with van der Waals surface area (Å²) in [6, 6.07) is 66.3. The van der Waals surface area contributed by atoms with Crippen molar-refractivity contribution in [3.05, 3.63) is 340 Å². The van der Waals surface area contributed by atoms with Gasteiger partial charge in [-0.3, -0.25) is 28.8 Å². The predicted molar refractivity (Wildman–Crippen MR) is 484 cm³/mol. The number of allylic oxidation sites excluding steroid dienone is 4. The van der Waals surface area contributed by atoms with Gasteiger partial charge < -0.3 is 57.4 Å². The van der Waals surface area contributed by atoms with Gasteiger partial charge in [0.05, 0.1) is 29.4 Å². The van der Waals surface area contributed by atoms with E-state index in [1.807, 2.05) is 153 Å². The Kier molecular flexibility index (Phi) is 34.5. The summed E-state index contributed by atoms with van der Waals surface area (Å²) < 4.78 is 37.8. The van der Waals surface area contributed by atoms with Crippen LogP contribution in [0.25, 0.3) is 0 Å². The molecular weight excluding hydrogens is 1710 g/mol. The van der Waals surface area contributed by atoms with E-state index < -0.39 is 53.2 Å². The lowest BCUT2D eigenvalue weighted by Gasteiger charge is -2.36. The maximum atomic E-state index is 13.3. The van der Waals surface area contributed by atoms with E-state index >= 15 is 0 Å². The molecule has 0 saturated carbocycles. The largest absolute Gasteiger partial charge is 0.468 e. The highest BCUT2D eigenvalue weighted by atomic mass is 35.5. The first kappa shape index (κ1) is 96.3. The number of ether oxygens (including phenoxy) is 6. The Hall–Kier alpha value is -12.3. The average Bonchev–Trinajstić information content (AvgIpc) is 1.14. The van der Waals surface area contributed by atoms with E-state index in [1.54, 1.807) is 126 Å². The standard InChI is InChI=1S/C27H31ClN2O3.C26H28ClNO5.C24H22ClN3O4.C23H22ClNO5/c1-20-26(27(32)33-19-21-8-4-2-5-9-21)24(22-10-12-23(28)13-11-22)18-25(31)30(20)17-16-29-14-6-3-7-15-29;1-17-24(25(31)32-16-18-8-6-5-7-9-18)21(19-10-12-20(27)13-11-19)14-22(29)28(17)15-23(30)33-26(2,3)4;1-15-23(24(30)31-14-17-6-4-3-5-7-17)20(18-8-10-19(25)11-9-18)12-22(29)28(15)13-21-26-16(2)27-32-21;1-15-22(23(28)30-14-16-6-4-3-5-7-16)19(17-8-10-18(24)11-9-17)12-20(26)25(15)13-21(27)29-2/h2,4-5,8-13,24H,3,6-7,14-19H2,1H3;5-13,21H,14-16H2,1-4H3;3-11,20H,12-14H2,1-2H3;3-11,19H,12-14H2,1-2H3. The van der Waals surface area contributed by atoms with Gasteiger partial charge >= 0.3 is 35.8 Å². The summed E-state index contributed by atoms with van der Waals surface area (Å²) in [5, 5.41) is 6.09. The number of nitrogens with zero attached hydrogens (tertiary/aromatic N) is 7. The number of aryl methyl sites for hydroxylation is 1. The molecule has 5 aliphatic rings. The summed E-state index contributed by atoms with van der Waals surface area (Å²) in [4.78, 5) is 142. The SMILES string of the molecule is CC1=C(C(=O)OCc2ccccc2)C(c2ccc(Cl)cc2)CC(=O)N1CC(=O)OC(C)(C)C.CC1=C(C(=O)OCc2ccccc2)C(c2ccc(Cl)cc2)CC(=O)N1CCN1CCCCC1.CC1=C(C(=O)OCc2ccccc2)C(c2ccc(Cl)cc2)CC(=O)N1Cc1nc(C)no1.COC(=O)CN1C(=O)CC(c2ccc(Cl)cc2)C(C(=O)OCc2ccccc2)=C1C. The third-order valence-electron chi connectivity index (χ3n) is 22.3. The lowest BCUT2D eigenvalue weighted by Crippen LogP contribution is -2.43. The van der Waals surface area contributed by atoms with Gasteiger partial charge in [0.25, 0.3) is 0 Å². The molecule has 4 amide bonds. The first-order valence-electron chi connectivity index (χ1n) is 42.1. The van der Waals surface area contributed by atoms with Crippen molar-refractivity contribution in [2.24, 2.45) is 0 Å². The van der Waals surface area contributed by atoms with Crippen LogP contribution in [0.1, 0.15) is 173 Å². The van der Waals surface area contributed by atoms with Crippen LogP contribution in [-0.2, 0) is 109 Å². The van der Waals surface area contributed by atoms with Crippen LogP contribution in [-0.4, -0.2) is 146 Å². The minimum atomic E-state index is -0.684. The normalized spacial score (nSPS) is 17.3. The van der Waals surface area contributed by atoms with E-state index in [-0.39, 0.29) is 107 Å². The second kappa shape index (κ2) is 45.9. The number of hydrogen-bond acceptors (Lipinski definition) is 20. The second-order valence-corrected chi connectivity index (χ2v) is 34.0. The van der Waals surface area contributed by atoms with Crippen LogP contribution in [0.15, 0.2) is 268 Å². The highest BCUT2D eigenvalue weighted by molar-refractivity contribution is 6.31. The van der Waals surface area contributed by atoms with Gasteiger partial charge in [-0.15, -0.1) is 0 Å². The van der Waals surface area contributed by atoms with Crippen molar-refractivity contribution >= 4 is 106 Å². The Morgan fingerprint density at radius 1 is 0.383 bits per heavy atom. The van der Waals surface area contributed by atoms with E-state index in [4.69, 9.17) is 74.6 Å². The van der Waals surface area contributed by atoms with Crippen LogP contribution >= 0.6 is 46.4 Å². The van der Waals surface area contributed by atoms with Crippen LogP contribution < -0.4 is 0 Å². The van der Waals surface area contributed by atoms with E-state index in [2.05, 4.69) is 19.8 Å². The Morgan fingerprint density at radius 3 is 0.969 bits per heavy atom. The molecule has 9 aromatic rings. The highest BCUT2D eigenvalue weighted by Crippen LogP contribution is 2.43. The third-order valence-corrected chi connectivity index (χ3v) is 23.3. The molecule has 4 unspecified atom stereocenters. The number of carbonyl (C=O) groups is 10. The molecule has 0 bridgehead atoms. The zero-order valence-electron chi connectivity index (χ0n) is 72.9. The Labute approximate surface area is 765 Å². The first-order valence-corrected chi connectivity index (χ1v) is 43.6. The summed E-state index contributed by atoms with van der Waals surface area (Å²) in [6.07, 6.45) is 4.11. The molecule has 5 aliphatic heterocycles. The van der Waals surface area contributed by atoms with Gasteiger partial charge in [0.2, 0.25) is 29.5 Å². The van der Waals surface area contributed by atoms with Crippen molar-refractivity contribution < 1.29 is 80.9 Å². The smallest absolute Gasteiger partial charge is 0.336 e. The molecule has 1 fully saturated rings. The number of aromatic nitrogens is 2. The van der Waals surface area contributed by atoms with Crippen molar-refractivity contribution in [1.29, 1.82) is 0 Å². The highest BCUT2D eigenvalue weighted by Gasteiger charge is 2.43. The number of rotatable bonds is 25. The van der Waals surface area contributed by atoms with E-state index in [0.29, 0.717) is 83.4 Å². The van der Waals surface area contributed by atoms with Gasteiger partial charge in [-0.25, -0.2) is 19.2 Å². The van der Waals surface area contributed by atoms with Crippen LogP contribution in [0.4, 0.5) is 0 Å². The number of carbonyl (C=O) groups excluding carboxylic acids is 10. The van der Waals surface area contributed by atoms with Crippen molar-refractivity contribution in [1.82, 2.24) is 34.6 Å². The van der Waals surface area contributed by atoms with Gasteiger partial charge in [-0.05, 0) is 174 Å². The quantitative estimate of drug-likeness (QED) is 0.0379. The predicted octanol–water partition coefficient (Wildman–Crippen LogP) is 18.6. The molecule has 0 N–H and O–H groups in total. The zero-order valence-corrected chi connectivity index (χ0v) is 75.9. The molecule has 0 spiro atoms. The molecule has 4 atom stereocenters. The van der Waals surface area contributed by atoms with Crippen LogP contribution in [0.2, 0.25) is 20.1 Å². The molecule has 8 aromatic carbocycles. The van der Waals surface area contributed by atoms with E-state index in [9.17, 15) is 47.9 Å². The van der Waals surface area contributed by atoms with Gasteiger partial charge in [0.15, 0.2) is 5.82 Å². The third kappa shape index (κ3) is 26.7. The number of methoxy groups -OCH3 is 1. The summed E-state index contributed by atoms with van der Waals surface area (Å²) >= 11 is 24.1. The number of amides is 4. The first-order chi connectivity index (χ1) is 61.4. The number of benzene rings is 8. The lowest BCUT2D eigenvalue weighted by atomic mass is 9.83. The molecule has 14 rings (SSSR count). The maximum Gasteiger partial charge on any atom is 0.336 e. The second-order valence-electron chi connectivity index (χ2n) is 32.3. The van der Waals surface area contributed by atoms with Gasteiger partial charge in [0.1, 0.15) is 51.7 Å². The zero-order chi connectivity index (χ0) is 91.7. The molecule has 668 valence electrons. The maximum absolute atomic E-state index is 13.3. The fourth-order valence-electron chi connectivity index (χ4n) is 15.7. The molecule has 128 heavy (non-hydrogen) atoms. The van der Waals surface area contributed by atoms with Crippen LogP contribution in [0.3, 0.4) is 0 Å². The Bertz CT molecular complexity index is 5550. The fourth-order valence-corrected chi connectivity index (χ4v) is 16.2. The van der Waals surface area contributed by atoms with Crippen LogP contribution in [0, 0.1) is 6.92 Å². The molecule has 1 saturated heterocycles. The molecule has 28 heteroatoms. The number of piperidine rings is 1. The molecular formula is C100H103Cl4N7O17. The van der Waals surface area contributed by atoms with Gasteiger partial charge in [-0.1, -0.05) is 228 Å². The Balaban J connectivity index is 0.000000165. The van der Waals surface area contributed by atoms with Crippen LogP contribution in [0.5, 0.6) is 0 Å². The summed E-state index contributed by atoms with van der Waals surface area (Å²) in [7, 11) is 1.25. The molecule has 24 nitrogen and oxygen atoms in total. The number of likely N-dealkylation sites (tertiary alicyclic amines) is 1. The van der Waals surface area contributed by atoms with Crippen molar-refractivity contribution in [3.63, 3.8) is 0 Å². The van der Waals surface area contributed by atoms with E-state index in [1.165, 1.54) is 41.1 Å². The van der Waals surface area contributed by atoms with Gasteiger partial charge in [0, 0.05) is 105 Å². The van der Waals surface area contributed by atoms with Crippen molar-refractivity contribution in [2.45, 2.75) is 163 Å². The topological polar surface area (TPSA) is 281 Å². The summed E-state index contributed by atoms with van der Waals surface area (Å²) in [6.45, 7) is 17.5. The van der Waals surface area contributed by atoms with Crippen molar-refractivity contribution in [2.75, 3.05) is 46.4 Å². The molecule has 6 heterocycles. The minimum absolute atomic E-state index is 0.0253. The molecule has 1 aromatic heterocycles. The number of halogens is 4. The van der Waals surface area contributed by atoms with E-state index in [0.717, 1.165) is 64.1 Å². The fraction of sp³-hybridized carbons (Fsp3) is 0.320. The van der Waals surface area contributed by atoms with Crippen molar-refractivity contribution in [3.8, 4) is 0 Å². The molecule has 0 aliphatic carbocycles. The molecule has 0 radical (unpaired) electrons. The average molecular weight is 1820 g/mol. The summed E-state index contributed by atoms with van der Waals surface area (Å²) in [5.74, 6) is -4.63. The number of esters is 6. The lowest BCUT2D eigenvalue weighted by molar-refractivity contribution is -0.158. The monoisotopic (exact) mass is 1810 g/mol. The van der Waals surface area contributed by atoms with Gasteiger partial charge in [-0.2, -0.15) is 4.98 Å². The Morgan fingerprint density at radius 2 is 0.672 bits per heavy atom.